The minimum absolute atomic E-state index is 0.742. The third-order valence-corrected chi connectivity index (χ3v) is 2.58. The molecule has 78 valence electrons. The summed E-state index contributed by atoms with van der Waals surface area (Å²) in [6.07, 6.45) is 11.0. The molecule has 0 aliphatic rings. The number of aldehydes is 1. The van der Waals surface area contributed by atoms with Crippen LogP contribution in [0.4, 0.5) is 0 Å². The quantitative estimate of drug-likeness (QED) is 0.391. The minimum Gasteiger partial charge on any atom is -0.303 e. The van der Waals surface area contributed by atoms with Gasteiger partial charge in [-0.15, -0.1) is 0 Å². The summed E-state index contributed by atoms with van der Waals surface area (Å²) in [7, 11) is 0. The van der Waals surface area contributed by atoms with Crippen LogP contribution in [-0.2, 0) is 4.79 Å². The van der Waals surface area contributed by atoms with Crippen LogP contribution in [0.5, 0.6) is 0 Å². The second-order valence-corrected chi connectivity index (χ2v) is 4.05. The lowest BCUT2D eigenvalue weighted by Gasteiger charge is -2.08. The van der Waals surface area contributed by atoms with E-state index >= 15 is 0 Å². The van der Waals surface area contributed by atoms with Crippen molar-refractivity contribution in [2.75, 3.05) is 0 Å². The Kier molecular flexibility index (Phi) is 9.51. The first-order chi connectivity index (χ1) is 6.31. The Morgan fingerprint density at radius 1 is 1.08 bits per heavy atom. The zero-order valence-corrected chi connectivity index (χ0v) is 9.22. The molecule has 0 heterocycles. The van der Waals surface area contributed by atoms with Gasteiger partial charge in [0.2, 0.25) is 0 Å². The molecule has 0 N–H and O–H groups in total. The van der Waals surface area contributed by atoms with Crippen LogP contribution in [0.15, 0.2) is 0 Å². The highest BCUT2D eigenvalue weighted by molar-refractivity contribution is 5.49. The van der Waals surface area contributed by atoms with E-state index < -0.39 is 0 Å². The highest BCUT2D eigenvalue weighted by atomic mass is 16.1. The summed E-state index contributed by atoms with van der Waals surface area (Å²) in [4.78, 5) is 10.1. The largest absolute Gasteiger partial charge is 0.303 e. The summed E-state index contributed by atoms with van der Waals surface area (Å²) in [6, 6.07) is 0. The molecule has 1 unspecified atom stereocenters. The molecule has 1 heteroatoms. The van der Waals surface area contributed by atoms with E-state index in [1.54, 1.807) is 0 Å². The van der Waals surface area contributed by atoms with Gasteiger partial charge in [0.1, 0.15) is 6.29 Å². The third-order valence-electron chi connectivity index (χ3n) is 2.58. The molecule has 0 radical (unpaired) electrons. The molecule has 0 fully saturated rings. The van der Waals surface area contributed by atoms with Gasteiger partial charge in [0.05, 0.1) is 0 Å². The lowest BCUT2D eigenvalue weighted by Crippen LogP contribution is -1.95. The first-order valence-corrected chi connectivity index (χ1v) is 5.74. The predicted octanol–water partition coefficient (Wildman–Crippen LogP) is 3.96. The number of unbranched alkanes of at least 4 members (excludes halogenated alkanes) is 4. The molecule has 0 spiro atoms. The second kappa shape index (κ2) is 9.76. The Labute approximate surface area is 82.9 Å². The maximum absolute atomic E-state index is 10.1. The van der Waals surface area contributed by atoms with Crippen molar-refractivity contribution in [2.45, 2.75) is 65.2 Å². The van der Waals surface area contributed by atoms with Crippen molar-refractivity contribution in [2.24, 2.45) is 5.92 Å². The molecular formula is C12H24O. The van der Waals surface area contributed by atoms with Crippen LogP contribution in [0, 0.1) is 5.92 Å². The number of hydrogen-bond donors (Lipinski definition) is 0. The van der Waals surface area contributed by atoms with Gasteiger partial charge >= 0.3 is 0 Å². The summed E-state index contributed by atoms with van der Waals surface area (Å²) in [5.74, 6) is 0.742. The summed E-state index contributed by atoms with van der Waals surface area (Å²) >= 11 is 0. The molecular weight excluding hydrogens is 160 g/mol. The van der Waals surface area contributed by atoms with Gasteiger partial charge in [-0.1, -0.05) is 52.4 Å². The fraction of sp³-hybridized carbons (Fsp3) is 0.917. The van der Waals surface area contributed by atoms with Crippen LogP contribution in [0.1, 0.15) is 65.2 Å². The molecule has 0 aliphatic carbocycles. The van der Waals surface area contributed by atoms with Crippen molar-refractivity contribution in [3.63, 3.8) is 0 Å². The molecule has 0 aromatic rings. The van der Waals surface area contributed by atoms with Gasteiger partial charge in [0.25, 0.3) is 0 Å². The van der Waals surface area contributed by atoms with Gasteiger partial charge in [-0.2, -0.15) is 0 Å². The lowest BCUT2D eigenvalue weighted by atomic mass is 9.98. The first kappa shape index (κ1) is 12.7. The fourth-order valence-corrected chi connectivity index (χ4v) is 1.59. The smallest absolute Gasteiger partial charge is 0.120 e. The molecule has 0 rings (SSSR count). The van der Waals surface area contributed by atoms with E-state index in [0.29, 0.717) is 0 Å². The standard InChI is InChI=1S/C12H24O/c1-3-4-5-6-7-9-12(2)10-8-11-13/h11-12H,3-10H2,1-2H3. The van der Waals surface area contributed by atoms with E-state index in [9.17, 15) is 4.79 Å². The van der Waals surface area contributed by atoms with Crippen molar-refractivity contribution in [3.05, 3.63) is 0 Å². The molecule has 0 amide bonds. The first-order valence-electron chi connectivity index (χ1n) is 5.74. The monoisotopic (exact) mass is 184 g/mol. The van der Waals surface area contributed by atoms with Gasteiger partial charge in [0, 0.05) is 6.42 Å². The molecule has 1 atom stereocenters. The van der Waals surface area contributed by atoms with Crippen molar-refractivity contribution in [3.8, 4) is 0 Å². The molecule has 0 aromatic heterocycles. The van der Waals surface area contributed by atoms with Crippen LogP contribution in [0.2, 0.25) is 0 Å². The summed E-state index contributed by atoms with van der Waals surface area (Å²) in [6.45, 7) is 4.50. The van der Waals surface area contributed by atoms with E-state index in [4.69, 9.17) is 0 Å². The maximum atomic E-state index is 10.1. The van der Waals surface area contributed by atoms with Crippen molar-refractivity contribution in [1.29, 1.82) is 0 Å². The van der Waals surface area contributed by atoms with Gasteiger partial charge in [-0.3, -0.25) is 0 Å². The topological polar surface area (TPSA) is 17.1 Å². The predicted molar refractivity (Wildman–Crippen MR) is 57.8 cm³/mol. The molecule has 0 saturated heterocycles. The normalized spacial score (nSPS) is 12.8. The summed E-state index contributed by atoms with van der Waals surface area (Å²) < 4.78 is 0. The number of rotatable bonds is 9. The molecule has 0 aliphatic heterocycles. The van der Waals surface area contributed by atoms with Crippen molar-refractivity contribution in [1.82, 2.24) is 0 Å². The Balaban J connectivity index is 3.07. The molecule has 13 heavy (non-hydrogen) atoms. The highest BCUT2D eigenvalue weighted by Crippen LogP contribution is 2.14. The summed E-state index contributed by atoms with van der Waals surface area (Å²) in [5, 5.41) is 0. The zero-order chi connectivity index (χ0) is 9.94. The van der Waals surface area contributed by atoms with E-state index in [2.05, 4.69) is 13.8 Å². The SMILES string of the molecule is CCCCCCCC(C)CCC=O. The Hall–Kier alpha value is -0.330. The van der Waals surface area contributed by atoms with Gasteiger partial charge in [-0.05, 0) is 12.3 Å². The van der Waals surface area contributed by atoms with E-state index in [1.165, 1.54) is 38.5 Å². The maximum Gasteiger partial charge on any atom is 0.120 e. The lowest BCUT2D eigenvalue weighted by molar-refractivity contribution is -0.108. The molecule has 1 nitrogen and oxygen atoms in total. The number of carbonyl (C=O) groups is 1. The van der Waals surface area contributed by atoms with Gasteiger partial charge < -0.3 is 4.79 Å². The van der Waals surface area contributed by atoms with Crippen LogP contribution in [-0.4, -0.2) is 6.29 Å². The van der Waals surface area contributed by atoms with E-state index in [-0.39, 0.29) is 0 Å². The highest BCUT2D eigenvalue weighted by Gasteiger charge is 2.00. The van der Waals surface area contributed by atoms with Crippen LogP contribution >= 0.6 is 0 Å². The van der Waals surface area contributed by atoms with Crippen molar-refractivity contribution >= 4 is 6.29 Å². The van der Waals surface area contributed by atoms with E-state index in [0.717, 1.165) is 25.0 Å². The summed E-state index contributed by atoms with van der Waals surface area (Å²) in [5.41, 5.74) is 0. The minimum atomic E-state index is 0.742. The van der Waals surface area contributed by atoms with Crippen LogP contribution < -0.4 is 0 Å². The molecule has 0 bridgehead atoms. The average Bonchev–Trinajstić information content (AvgIpc) is 2.14. The van der Waals surface area contributed by atoms with Gasteiger partial charge in [-0.25, -0.2) is 0 Å². The number of hydrogen-bond acceptors (Lipinski definition) is 1. The molecule has 0 aromatic carbocycles. The average molecular weight is 184 g/mol. The molecule has 0 saturated carbocycles. The second-order valence-electron chi connectivity index (χ2n) is 4.05. The Morgan fingerprint density at radius 2 is 1.77 bits per heavy atom. The van der Waals surface area contributed by atoms with Crippen LogP contribution in [0.3, 0.4) is 0 Å². The fourth-order valence-electron chi connectivity index (χ4n) is 1.59. The van der Waals surface area contributed by atoms with Gasteiger partial charge in [0.15, 0.2) is 0 Å². The third kappa shape index (κ3) is 9.59. The Bertz CT molecular complexity index is 110. The van der Waals surface area contributed by atoms with Crippen LogP contribution in [0.25, 0.3) is 0 Å². The number of carbonyl (C=O) groups excluding carboxylic acids is 1. The Morgan fingerprint density at radius 3 is 2.38 bits per heavy atom. The zero-order valence-electron chi connectivity index (χ0n) is 9.22. The van der Waals surface area contributed by atoms with E-state index in [1.807, 2.05) is 0 Å². The van der Waals surface area contributed by atoms with Crippen molar-refractivity contribution < 1.29 is 4.79 Å².